The molecule has 0 spiro atoms. The quantitative estimate of drug-likeness (QED) is 0.302. The summed E-state index contributed by atoms with van der Waals surface area (Å²) in [7, 11) is 4.08. The predicted octanol–water partition coefficient (Wildman–Crippen LogP) is 4.94. The molecule has 0 aromatic heterocycles. The van der Waals surface area contributed by atoms with Gasteiger partial charge in [-0.2, -0.15) is 0 Å². The number of hydrogen-bond donors (Lipinski definition) is 1. The van der Waals surface area contributed by atoms with Crippen LogP contribution in [0.1, 0.15) is 38.2 Å². The molecular weight excluding hydrogens is 296 g/mol. The standard InChI is InChI=1S/C18H27ClN2O/c1-4-5-6-10-16(14-21(2)3)18(20-22)13-12-15-9-7-8-11-17(15)19/h7-9,11-13,16,22H,4-6,10,14H2,1-3H3/b13-12+,20-18+/t16-/m0/s1. The van der Waals surface area contributed by atoms with Crippen LogP contribution in [0.15, 0.2) is 35.5 Å². The van der Waals surface area contributed by atoms with Gasteiger partial charge in [-0.1, -0.05) is 67.2 Å². The molecule has 0 aliphatic rings. The van der Waals surface area contributed by atoms with Crippen molar-refractivity contribution >= 4 is 23.4 Å². The Kier molecular flexibility index (Phi) is 8.86. The Hall–Kier alpha value is -1.32. The van der Waals surface area contributed by atoms with Crippen LogP contribution in [0.2, 0.25) is 5.02 Å². The molecule has 1 rings (SSSR count). The van der Waals surface area contributed by atoms with E-state index in [2.05, 4.69) is 17.0 Å². The molecule has 0 saturated heterocycles. The molecule has 22 heavy (non-hydrogen) atoms. The number of nitrogens with zero attached hydrogens (tertiary/aromatic N) is 2. The first-order chi connectivity index (χ1) is 10.6. The van der Waals surface area contributed by atoms with Crippen LogP contribution in [0.4, 0.5) is 0 Å². The monoisotopic (exact) mass is 322 g/mol. The Morgan fingerprint density at radius 1 is 1.32 bits per heavy atom. The van der Waals surface area contributed by atoms with Crippen LogP contribution >= 0.6 is 11.6 Å². The van der Waals surface area contributed by atoms with Gasteiger partial charge in [0.2, 0.25) is 0 Å². The van der Waals surface area contributed by atoms with Crippen LogP contribution in [0, 0.1) is 5.92 Å². The fourth-order valence-electron chi connectivity index (χ4n) is 2.45. The topological polar surface area (TPSA) is 35.8 Å². The molecule has 0 heterocycles. The molecule has 0 aliphatic carbocycles. The molecule has 0 saturated carbocycles. The molecule has 122 valence electrons. The first-order valence-electron chi connectivity index (χ1n) is 7.87. The third kappa shape index (κ3) is 6.63. The Labute approximate surface area is 139 Å². The third-order valence-electron chi connectivity index (χ3n) is 3.61. The zero-order valence-electron chi connectivity index (χ0n) is 13.8. The highest BCUT2D eigenvalue weighted by Crippen LogP contribution is 2.19. The Morgan fingerprint density at radius 3 is 2.64 bits per heavy atom. The fourth-order valence-corrected chi connectivity index (χ4v) is 2.65. The average molecular weight is 323 g/mol. The highest BCUT2D eigenvalue weighted by Gasteiger charge is 2.15. The molecule has 0 radical (unpaired) electrons. The third-order valence-corrected chi connectivity index (χ3v) is 3.96. The van der Waals surface area contributed by atoms with E-state index >= 15 is 0 Å². The summed E-state index contributed by atoms with van der Waals surface area (Å²) in [5, 5.41) is 13.6. The molecule has 1 N–H and O–H groups in total. The van der Waals surface area contributed by atoms with E-state index in [1.165, 1.54) is 12.8 Å². The second kappa shape index (κ2) is 10.4. The summed E-state index contributed by atoms with van der Waals surface area (Å²) in [6.45, 7) is 3.06. The Morgan fingerprint density at radius 2 is 2.05 bits per heavy atom. The van der Waals surface area contributed by atoms with Crippen molar-refractivity contribution in [1.82, 2.24) is 4.90 Å². The van der Waals surface area contributed by atoms with Crippen LogP contribution in [-0.2, 0) is 0 Å². The first kappa shape index (κ1) is 18.7. The summed E-state index contributed by atoms with van der Waals surface area (Å²) >= 11 is 6.16. The molecule has 1 aromatic rings. The number of hydrogen-bond acceptors (Lipinski definition) is 3. The molecule has 0 amide bonds. The van der Waals surface area contributed by atoms with E-state index in [-0.39, 0.29) is 5.92 Å². The maximum absolute atomic E-state index is 9.40. The van der Waals surface area contributed by atoms with Crippen LogP contribution < -0.4 is 0 Å². The van der Waals surface area contributed by atoms with Gasteiger partial charge in [0.25, 0.3) is 0 Å². The smallest absolute Gasteiger partial charge is 0.0839 e. The molecule has 0 bridgehead atoms. The van der Waals surface area contributed by atoms with Gasteiger partial charge in [-0.15, -0.1) is 0 Å². The minimum atomic E-state index is 0.227. The highest BCUT2D eigenvalue weighted by molar-refractivity contribution is 6.32. The first-order valence-corrected chi connectivity index (χ1v) is 8.25. The number of allylic oxidation sites excluding steroid dienone is 1. The largest absolute Gasteiger partial charge is 0.411 e. The van der Waals surface area contributed by atoms with Gasteiger partial charge in [-0.25, -0.2) is 0 Å². The summed E-state index contributed by atoms with van der Waals surface area (Å²) < 4.78 is 0. The average Bonchev–Trinajstić information content (AvgIpc) is 2.49. The normalized spacial score (nSPS) is 14.0. The van der Waals surface area contributed by atoms with Crippen molar-refractivity contribution in [2.75, 3.05) is 20.6 Å². The summed E-state index contributed by atoms with van der Waals surface area (Å²) in [5.41, 5.74) is 1.65. The van der Waals surface area contributed by atoms with Gasteiger partial charge in [0, 0.05) is 17.5 Å². The van der Waals surface area contributed by atoms with Crippen molar-refractivity contribution in [2.24, 2.45) is 11.1 Å². The van der Waals surface area contributed by atoms with Crippen LogP contribution in [0.5, 0.6) is 0 Å². The van der Waals surface area contributed by atoms with E-state index < -0.39 is 0 Å². The zero-order valence-corrected chi connectivity index (χ0v) is 14.6. The lowest BCUT2D eigenvalue weighted by atomic mass is 9.94. The Balaban J connectivity index is 2.82. The van der Waals surface area contributed by atoms with E-state index in [0.717, 1.165) is 24.9 Å². The molecular formula is C18H27ClN2O. The van der Waals surface area contributed by atoms with E-state index in [9.17, 15) is 5.21 Å². The van der Waals surface area contributed by atoms with Crippen LogP contribution in [-0.4, -0.2) is 36.5 Å². The lowest BCUT2D eigenvalue weighted by Crippen LogP contribution is -2.27. The zero-order chi connectivity index (χ0) is 16.4. The molecule has 1 aromatic carbocycles. The SMILES string of the molecule is CCCCC[C@@H](CN(C)C)C(/C=C/c1ccccc1Cl)=N/O. The predicted molar refractivity (Wildman–Crippen MR) is 95.9 cm³/mol. The van der Waals surface area contributed by atoms with Crippen LogP contribution in [0.3, 0.4) is 0 Å². The molecule has 0 aliphatic heterocycles. The Bertz CT molecular complexity index is 498. The van der Waals surface area contributed by atoms with Crippen molar-refractivity contribution in [3.63, 3.8) is 0 Å². The van der Waals surface area contributed by atoms with Gasteiger partial charge in [-0.05, 0) is 38.2 Å². The lowest BCUT2D eigenvalue weighted by Gasteiger charge is -2.20. The maximum atomic E-state index is 9.40. The van der Waals surface area contributed by atoms with Gasteiger partial charge in [0.05, 0.1) is 5.71 Å². The fraction of sp³-hybridized carbons (Fsp3) is 0.500. The van der Waals surface area contributed by atoms with Gasteiger partial charge < -0.3 is 10.1 Å². The van der Waals surface area contributed by atoms with E-state index in [0.29, 0.717) is 10.7 Å². The van der Waals surface area contributed by atoms with Gasteiger partial charge in [-0.3, -0.25) is 0 Å². The van der Waals surface area contributed by atoms with Gasteiger partial charge in [0.15, 0.2) is 0 Å². The van der Waals surface area contributed by atoms with Crippen molar-refractivity contribution < 1.29 is 5.21 Å². The van der Waals surface area contributed by atoms with Crippen molar-refractivity contribution in [1.29, 1.82) is 0 Å². The van der Waals surface area contributed by atoms with E-state index in [1.807, 2.05) is 50.5 Å². The lowest BCUT2D eigenvalue weighted by molar-refractivity contribution is 0.305. The molecule has 4 heteroatoms. The van der Waals surface area contributed by atoms with Crippen molar-refractivity contribution in [3.05, 3.63) is 40.9 Å². The van der Waals surface area contributed by atoms with E-state index in [1.54, 1.807) is 0 Å². The minimum absolute atomic E-state index is 0.227. The van der Waals surface area contributed by atoms with Crippen molar-refractivity contribution in [3.8, 4) is 0 Å². The van der Waals surface area contributed by atoms with Crippen LogP contribution in [0.25, 0.3) is 6.08 Å². The highest BCUT2D eigenvalue weighted by atomic mass is 35.5. The minimum Gasteiger partial charge on any atom is -0.411 e. The second-order valence-corrected chi connectivity index (χ2v) is 6.24. The summed E-state index contributed by atoms with van der Waals surface area (Å²) in [6.07, 6.45) is 8.36. The summed E-state index contributed by atoms with van der Waals surface area (Å²) in [6, 6.07) is 7.65. The van der Waals surface area contributed by atoms with Crippen molar-refractivity contribution in [2.45, 2.75) is 32.6 Å². The molecule has 0 unspecified atom stereocenters. The summed E-state index contributed by atoms with van der Waals surface area (Å²) in [5.74, 6) is 0.227. The number of unbranched alkanes of at least 4 members (excludes halogenated alkanes) is 2. The van der Waals surface area contributed by atoms with Gasteiger partial charge >= 0.3 is 0 Å². The number of halogens is 1. The number of oxime groups is 1. The summed E-state index contributed by atoms with van der Waals surface area (Å²) in [4.78, 5) is 2.13. The molecule has 1 atom stereocenters. The van der Waals surface area contributed by atoms with Gasteiger partial charge in [0.1, 0.15) is 0 Å². The molecule has 0 fully saturated rings. The second-order valence-electron chi connectivity index (χ2n) is 5.83. The number of benzene rings is 1. The maximum Gasteiger partial charge on any atom is 0.0839 e. The van der Waals surface area contributed by atoms with E-state index in [4.69, 9.17) is 11.6 Å². The number of rotatable bonds is 9. The molecule has 3 nitrogen and oxygen atoms in total.